The minimum Gasteiger partial charge on any atom is -0.369 e. The van der Waals surface area contributed by atoms with Crippen LogP contribution in [0.2, 0.25) is 0 Å². The number of carbonyl (C=O) groups excluding carboxylic acids is 3. The van der Waals surface area contributed by atoms with Crippen molar-refractivity contribution in [3.63, 3.8) is 0 Å². The molecule has 3 N–H and O–H groups in total. The van der Waals surface area contributed by atoms with E-state index in [1.54, 1.807) is 26.1 Å². The number of nitrogens with zero attached hydrogens (tertiary/aromatic N) is 4. The lowest BCUT2D eigenvalue weighted by Crippen LogP contribution is -2.34. The van der Waals surface area contributed by atoms with Crippen molar-refractivity contribution in [3.05, 3.63) is 77.1 Å². The molecule has 43 heavy (non-hydrogen) atoms. The number of rotatable bonds is 7. The quantitative estimate of drug-likeness (QED) is 0.360. The summed E-state index contributed by atoms with van der Waals surface area (Å²) in [7, 11) is 6.77. The number of likely N-dealkylation sites (N-methyl/N-ethyl adjacent to an activating group) is 2. The molecule has 4 rings (SSSR count). The molecule has 1 atom stereocenters. The van der Waals surface area contributed by atoms with Crippen LogP contribution in [-0.2, 0) is 6.18 Å². The predicted octanol–water partition coefficient (Wildman–Crippen LogP) is 4.83. The first-order valence-electron chi connectivity index (χ1n) is 13.6. The average molecular weight is 598 g/mol. The minimum atomic E-state index is -4.59. The number of nitrogens with one attached hydrogen (secondary N) is 3. The minimum absolute atomic E-state index is 0.0346. The smallest absolute Gasteiger partial charge is 0.369 e. The molecule has 3 aromatic rings. The zero-order valence-electron chi connectivity index (χ0n) is 24.5. The van der Waals surface area contributed by atoms with E-state index in [0.29, 0.717) is 22.6 Å². The molecule has 1 aliphatic rings. The summed E-state index contributed by atoms with van der Waals surface area (Å²) in [5, 5.41) is 7.89. The highest BCUT2D eigenvalue weighted by Gasteiger charge is 2.33. The first kappa shape index (κ1) is 31.3. The number of hydrogen-bond acceptors (Lipinski definition) is 6. The van der Waals surface area contributed by atoms with Gasteiger partial charge in [-0.05, 0) is 75.0 Å². The van der Waals surface area contributed by atoms with Gasteiger partial charge in [0.2, 0.25) is 0 Å². The van der Waals surface area contributed by atoms with Gasteiger partial charge in [-0.1, -0.05) is 6.07 Å². The molecule has 1 aromatic heterocycles. The number of aryl methyl sites for hydroxylation is 1. The van der Waals surface area contributed by atoms with Gasteiger partial charge in [-0.15, -0.1) is 0 Å². The zero-order valence-corrected chi connectivity index (χ0v) is 24.5. The SMILES string of the molecule is CNC(=O)c1cc(N(C)C(=O)Nc2cc(C(=O)Nc3cc(C(F)(F)F)ccc3N(C)C3CCN(C)C3)ccc2C)ccn1. The van der Waals surface area contributed by atoms with Crippen molar-refractivity contribution < 1.29 is 27.6 Å². The molecule has 1 aliphatic heterocycles. The van der Waals surface area contributed by atoms with Crippen LogP contribution in [0.5, 0.6) is 0 Å². The van der Waals surface area contributed by atoms with Crippen molar-refractivity contribution in [2.24, 2.45) is 0 Å². The Morgan fingerprint density at radius 2 is 1.72 bits per heavy atom. The van der Waals surface area contributed by atoms with Gasteiger partial charge >= 0.3 is 12.2 Å². The Morgan fingerprint density at radius 1 is 0.977 bits per heavy atom. The van der Waals surface area contributed by atoms with Crippen LogP contribution in [0.1, 0.15) is 38.4 Å². The topological polar surface area (TPSA) is 110 Å². The van der Waals surface area contributed by atoms with E-state index in [2.05, 4.69) is 25.8 Å². The summed E-state index contributed by atoms with van der Waals surface area (Å²) in [6.07, 6.45) is -2.35. The van der Waals surface area contributed by atoms with Gasteiger partial charge in [-0.3, -0.25) is 19.5 Å². The van der Waals surface area contributed by atoms with Crippen molar-refractivity contribution in [2.45, 2.75) is 25.6 Å². The van der Waals surface area contributed by atoms with Gasteiger partial charge in [0.1, 0.15) is 5.69 Å². The van der Waals surface area contributed by atoms with E-state index in [4.69, 9.17) is 0 Å². The lowest BCUT2D eigenvalue weighted by molar-refractivity contribution is -0.137. The third-order valence-electron chi connectivity index (χ3n) is 7.50. The molecule has 0 aliphatic carbocycles. The molecule has 0 radical (unpaired) electrons. The van der Waals surface area contributed by atoms with Crippen molar-refractivity contribution >= 4 is 40.6 Å². The molecule has 1 saturated heterocycles. The van der Waals surface area contributed by atoms with Crippen LogP contribution in [0.25, 0.3) is 0 Å². The number of halogens is 3. The normalized spacial score (nSPS) is 15.1. The summed E-state index contributed by atoms with van der Waals surface area (Å²) in [5.41, 5.74) is 1.30. The van der Waals surface area contributed by atoms with Gasteiger partial charge in [0.15, 0.2) is 0 Å². The van der Waals surface area contributed by atoms with Gasteiger partial charge in [-0.2, -0.15) is 13.2 Å². The second kappa shape index (κ2) is 12.7. The molecule has 0 bridgehead atoms. The van der Waals surface area contributed by atoms with Crippen LogP contribution in [-0.4, -0.2) is 75.1 Å². The number of aromatic nitrogens is 1. The largest absolute Gasteiger partial charge is 0.416 e. The second-order valence-corrected chi connectivity index (χ2v) is 10.5. The first-order valence-corrected chi connectivity index (χ1v) is 13.6. The number of amides is 4. The number of urea groups is 1. The highest BCUT2D eigenvalue weighted by atomic mass is 19.4. The fourth-order valence-electron chi connectivity index (χ4n) is 4.83. The van der Waals surface area contributed by atoms with Gasteiger partial charge in [-0.25, -0.2) is 4.79 Å². The standard InChI is InChI=1S/C30H34F3N7O3/c1-18-6-7-19(14-23(18)37-29(43)40(5)21-10-12-35-25(16-21)28(42)34-2)27(41)36-24-15-20(30(31,32)33)8-9-26(24)39(4)22-11-13-38(3)17-22/h6-10,12,14-16,22H,11,13,17H2,1-5H3,(H,34,42)(H,36,41)(H,37,43). The highest BCUT2D eigenvalue weighted by molar-refractivity contribution is 6.08. The number of alkyl halides is 3. The fourth-order valence-corrected chi connectivity index (χ4v) is 4.83. The molecule has 228 valence electrons. The maximum absolute atomic E-state index is 13.6. The van der Waals surface area contributed by atoms with Crippen LogP contribution in [0.3, 0.4) is 0 Å². The number of hydrogen-bond donors (Lipinski definition) is 3. The molecular formula is C30H34F3N7O3. The zero-order chi connectivity index (χ0) is 31.5. The monoisotopic (exact) mass is 597 g/mol. The Kier molecular flexibility index (Phi) is 9.24. The van der Waals surface area contributed by atoms with E-state index in [0.717, 1.165) is 31.6 Å². The Morgan fingerprint density at radius 3 is 2.37 bits per heavy atom. The van der Waals surface area contributed by atoms with Gasteiger partial charge in [0, 0.05) is 56.9 Å². The summed E-state index contributed by atoms with van der Waals surface area (Å²) in [5.74, 6) is -1.04. The summed E-state index contributed by atoms with van der Waals surface area (Å²) in [6, 6.07) is 10.5. The Hall–Kier alpha value is -4.65. The van der Waals surface area contributed by atoms with E-state index in [1.807, 2.05) is 11.9 Å². The maximum Gasteiger partial charge on any atom is 0.416 e. The van der Waals surface area contributed by atoms with E-state index < -0.39 is 29.6 Å². The molecule has 1 fully saturated rings. The Balaban J connectivity index is 1.57. The van der Waals surface area contributed by atoms with E-state index in [-0.39, 0.29) is 23.0 Å². The van der Waals surface area contributed by atoms with Crippen molar-refractivity contribution in [1.82, 2.24) is 15.2 Å². The van der Waals surface area contributed by atoms with Gasteiger partial charge in [0.25, 0.3) is 11.8 Å². The van der Waals surface area contributed by atoms with Gasteiger partial charge < -0.3 is 25.8 Å². The van der Waals surface area contributed by atoms with E-state index in [1.165, 1.54) is 49.5 Å². The maximum atomic E-state index is 13.6. The first-order chi connectivity index (χ1) is 20.3. The Bertz CT molecular complexity index is 1530. The predicted molar refractivity (Wildman–Crippen MR) is 160 cm³/mol. The van der Waals surface area contributed by atoms with Crippen molar-refractivity contribution in [2.75, 3.05) is 61.7 Å². The second-order valence-electron chi connectivity index (χ2n) is 10.5. The van der Waals surface area contributed by atoms with Crippen molar-refractivity contribution in [3.8, 4) is 0 Å². The molecule has 2 aromatic carbocycles. The molecule has 1 unspecified atom stereocenters. The summed E-state index contributed by atoms with van der Waals surface area (Å²) in [6.45, 7) is 3.35. The fraction of sp³-hybridized carbons (Fsp3) is 0.333. The van der Waals surface area contributed by atoms with Crippen LogP contribution in [0.15, 0.2) is 54.7 Å². The molecule has 13 heteroatoms. The molecular weight excluding hydrogens is 563 g/mol. The summed E-state index contributed by atoms with van der Waals surface area (Å²) in [4.78, 5) is 47.7. The lowest BCUT2D eigenvalue weighted by Gasteiger charge is -2.29. The molecule has 4 amide bonds. The van der Waals surface area contributed by atoms with Crippen LogP contribution in [0, 0.1) is 6.92 Å². The number of likely N-dealkylation sites (tertiary alicyclic amines) is 1. The molecule has 0 spiro atoms. The average Bonchev–Trinajstić information content (AvgIpc) is 3.42. The van der Waals surface area contributed by atoms with E-state index >= 15 is 0 Å². The number of anilines is 4. The Labute approximate surface area is 247 Å². The number of carbonyl (C=O) groups is 3. The summed E-state index contributed by atoms with van der Waals surface area (Å²) >= 11 is 0. The lowest BCUT2D eigenvalue weighted by atomic mass is 10.1. The third kappa shape index (κ3) is 7.23. The molecule has 10 nitrogen and oxygen atoms in total. The highest BCUT2D eigenvalue weighted by Crippen LogP contribution is 2.37. The van der Waals surface area contributed by atoms with E-state index in [9.17, 15) is 27.6 Å². The third-order valence-corrected chi connectivity index (χ3v) is 7.50. The van der Waals surface area contributed by atoms with Crippen LogP contribution >= 0.6 is 0 Å². The van der Waals surface area contributed by atoms with Crippen LogP contribution < -0.4 is 25.8 Å². The number of benzene rings is 2. The summed E-state index contributed by atoms with van der Waals surface area (Å²) < 4.78 is 40.8. The number of pyridine rings is 1. The van der Waals surface area contributed by atoms with Crippen LogP contribution in [0.4, 0.5) is 40.7 Å². The van der Waals surface area contributed by atoms with Crippen molar-refractivity contribution in [1.29, 1.82) is 0 Å². The molecule has 0 saturated carbocycles. The van der Waals surface area contributed by atoms with Gasteiger partial charge in [0.05, 0.1) is 16.9 Å². The molecule has 2 heterocycles.